The average Bonchev–Trinajstić information content (AvgIpc) is 3.10. The number of piperidine rings is 1. The number of nitrogens with two attached hydrogens (primary N) is 1. The minimum Gasteiger partial charge on any atom is -0.382 e. The fraction of sp³-hybridized carbons (Fsp3) is 0.706. The molecule has 1 saturated carbocycles. The highest BCUT2D eigenvalue weighted by Gasteiger charge is 2.30. The predicted molar refractivity (Wildman–Crippen MR) is 90.9 cm³/mol. The van der Waals surface area contributed by atoms with Gasteiger partial charge in [0.1, 0.15) is 17.5 Å². The zero-order valence-corrected chi connectivity index (χ0v) is 13.7. The summed E-state index contributed by atoms with van der Waals surface area (Å²) in [5, 5.41) is 12.1. The summed E-state index contributed by atoms with van der Waals surface area (Å²) in [7, 11) is 0. The Morgan fingerprint density at radius 3 is 2.78 bits per heavy atom. The smallest absolute Gasteiger partial charge is 0.224 e. The van der Waals surface area contributed by atoms with Crippen LogP contribution in [-0.2, 0) is 0 Å². The van der Waals surface area contributed by atoms with Gasteiger partial charge in [-0.15, -0.1) is 0 Å². The Balaban J connectivity index is 1.52. The molecular formula is C17H26N6. The number of nitrogen functional groups attached to an aromatic ring is 1. The van der Waals surface area contributed by atoms with Gasteiger partial charge in [0.05, 0.1) is 6.20 Å². The molecule has 0 bridgehead atoms. The van der Waals surface area contributed by atoms with E-state index in [1.54, 1.807) is 0 Å². The summed E-state index contributed by atoms with van der Waals surface area (Å²) in [5.74, 6) is 0.764. The maximum Gasteiger partial charge on any atom is 0.224 e. The van der Waals surface area contributed by atoms with E-state index in [1.807, 2.05) is 6.07 Å². The average molecular weight is 314 g/mol. The topological polar surface area (TPSA) is 90.9 Å². The number of nitriles is 1. The van der Waals surface area contributed by atoms with Gasteiger partial charge in [0.2, 0.25) is 5.95 Å². The fourth-order valence-corrected chi connectivity index (χ4v) is 3.97. The molecule has 1 aromatic heterocycles. The van der Waals surface area contributed by atoms with Gasteiger partial charge in [-0.3, -0.25) is 4.90 Å². The van der Waals surface area contributed by atoms with Crippen LogP contribution in [-0.4, -0.2) is 40.0 Å². The molecule has 6 heteroatoms. The van der Waals surface area contributed by atoms with Crippen molar-refractivity contribution in [3.63, 3.8) is 0 Å². The molecule has 3 rings (SSSR count). The molecule has 23 heavy (non-hydrogen) atoms. The number of aromatic nitrogens is 2. The summed E-state index contributed by atoms with van der Waals surface area (Å²) in [6.45, 7) is 2.11. The van der Waals surface area contributed by atoms with Gasteiger partial charge in [-0.05, 0) is 38.6 Å². The van der Waals surface area contributed by atoms with Crippen LogP contribution in [0.15, 0.2) is 6.20 Å². The quantitative estimate of drug-likeness (QED) is 0.868. The fourth-order valence-electron chi connectivity index (χ4n) is 3.97. The minimum absolute atomic E-state index is 0.246. The second-order valence-electron chi connectivity index (χ2n) is 6.65. The molecule has 124 valence electrons. The first-order chi connectivity index (χ1) is 11.3. The van der Waals surface area contributed by atoms with Crippen LogP contribution in [0.3, 0.4) is 0 Å². The van der Waals surface area contributed by atoms with E-state index in [0.717, 1.165) is 19.0 Å². The van der Waals surface area contributed by atoms with E-state index in [1.165, 1.54) is 57.7 Å². The first-order valence-electron chi connectivity index (χ1n) is 8.80. The highest BCUT2D eigenvalue weighted by atomic mass is 15.2. The number of anilines is 2. The van der Waals surface area contributed by atoms with Gasteiger partial charge in [0, 0.05) is 18.6 Å². The Kier molecular flexibility index (Phi) is 5.29. The molecule has 1 atom stereocenters. The third kappa shape index (κ3) is 3.91. The van der Waals surface area contributed by atoms with Crippen LogP contribution in [0.2, 0.25) is 0 Å². The van der Waals surface area contributed by atoms with Crippen molar-refractivity contribution >= 4 is 11.8 Å². The highest BCUT2D eigenvalue weighted by Crippen LogP contribution is 2.30. The van der Waals surface area contributed by atoms with Crippen LogP contribution in [0.1, 0.15) is 56.9 Å². The summed E-state index contributed by atoms with van der Waals surface area (Å²) >= 11 is 0. The summed E-state index contributed by atoms with van der Waals surface area (Å²) in [6, 6.07) is 3.47. The number of hydrogen-bond donors (Lipinski definition) is 2. The van der Waals surface area contributed by atoms with Crippen molar-refractivity contribution < 1.29 is 0 Å². The van der Waals surface area contributed by atoms with Crippen LogP contribution in [0, 0.1) is 11.3 Å². The number of hydrogen-bond acceptors (Lipinski definition) is 6. The highest BCUT2D eigenvalue weighted by molar-refractivity contribution is 5.49. The van der Waals surface area contributed by atoms with Gasteiger partial charge in [-0.1, -0.05) is 19.3 Å². The van der Waals surface area contributed by atoms with Gasteiger partial charge in [-0.25, -0.2) is 4.98 Å². The molecule has 2 aliphatic rings. The molecule has 3 N–H and O–H groups in total. The Labute approximate surface area is 138 Å². The zero-order valence-electron chi connectivity index (χ0n) is 13.7. The maximum absolute atomic E-state index is 8.85. The second-order valence-corrected chi connectivity index (χ2v) is 6.65. The van der Waals surface area contributed by atoms with Crippen molar-refractivity contribution in [2.45, 2.75) is 63.5 Å². The van der Waals surface area contributed by atoms with Crippen molar-refractivity contribution in [2.24, 2.45) is 0 Å². The molecule has 1 saturated heterocycles. The maximum atomic E-state index is 8.85. The third-order valence-electron chi connectivity index (χ3n) is 5.17. The van der Waals surface area contributed by atoms with Crippen molar-refractivity contribution in [2.75, 3.05) is 24.1 Å². The molecule has 1 aromatic rings. The van der Waals surface area contributed by atoms with Gasteiger partial charge in [-0.2, -0.15) is 10.2 Å². The van der Waals surface area contributed by atoms with Crippen LogP contribution in [0.25, 0.3) is 0 Å². The normalized spacial score (nSPS) is 22.8. The van der Waals surface area contributed by atoms with Crippen molar-refractivity contribution in [3.8, 4) is 6.07 Å². The van der Waals surface area contributed by atoms with Crippen LogP contribution in [0.5, 0.6) is 0 Å². The zero-order chi connectivity index (χ0) is 16.1. The van der Waals surface area contributed by atoms with E-state index in [4.69, 9.17) is 11.0 Å². The molecule has 0 aromatic carbocycles. The van der Waals surface area contributed by atoms with E-state index >= 15 is 0 Å². The molecule has 6 nitrogen and oxygen atoms in total. The van der Waals surface area contributed by atoms with E-state index in [0.29, 0.717) is 17.6 Å². The van der Waals surface area contributed by atoms with E-state index < -0.39 is 0 Å². The van der Waals surface area contributed by atoms with Crippen LogP contribution >= 0.6 is 0 Å². The SMILES string of the molecule is N#Cc1cnc(NCC[C@@H]2CCCCN2C2CCCC2)nc1N. The largest absolute Gasteiger partial charge is 0.382 e. The number of nitrogens with one attached hydrogen (secondary N) is 1. The first kappa shape index (κ1) is 16.0. The monoisotopic (exact) mass is 314 g/mol. The number of rotatable bonds is 5. The Bertz CT molecular complexity index is 561. The molecular weight excluding hydrogens is 288 g/mol. The third-order valence-corrected chi connectivity index (χ3v) is 5.17. The molecule has 0 spiro atoms. The Morgan fingerprint density at radius 2 is 2.04 bits per heavy atom. The lowest BCUT2D eigenvalue weighted by molar-refractivity contribution is 0.0933. The summed E-state index contributed by atoms with van der Waals surface area (Å²) in [6.07, 6.45) is 12.1. The minimum atomic E-state index is 0.246. The van der Waals surface area contributed by atoms with Gasteiger partial charge < -0.3 is 11.1 Å². The van der Waals surface area contributed by atoms with Crippen molar-refractivity contribution in [1.29, 1.82) is 5.26 Å². The molecule has 1 aliphatic carbocycles. The molecule has 2 heterocycles. The van der Waals surface area contributed by atoms with Gasteiger partial charge in [0.15, 0.2) is 0 Å². The van der Waals surface area contributed by atoms with Gasteiger partial charge in [0.25, 0.3) is 0 Å². The summed E-state index contributed by atoms with van der Waals surface area (Å²) < 4.78 is 0. The van der Waals surface area contributed by atoms with Crippen LogP contribution in [0.4, 0.5) is 11.8 Å². The first-order valence-corrected chi connectivity index (χ1v) is 8.80. The molecule has 0 amide bonds. The second kappa shape index (κ2) is 7.60. The molecule has 0 radical (unpaired) electrons. The standard InChI is InChI=1S/C17H26N6/c18-11-13-12-21-17(22-16(13)19)20-9-8-15-7-3-4-10-23(15)14-5-1-2-6-14/h12,14-15H,1-10H2,(H3,19,20,21,22)/t15-/m0/s1. The number of likely N-dealkylation sites (tertiary alicyclic amines) is 1. The summed E-state index contributed by atoms with van der Waals surface area (Å²) in [5.41, 5.74) is 6.06. The Hall–Kier alpha value is -1.87. The molecule has 0 unspecified atom stereocenters. The lowest BCUT2D eigenvalue weighted by Gasteiger charge is -2.40. The Morgan fingerprint density at radius 1 is 1.26 bits per heavy atom. The summed E-state index contributed by atoms with van der Waals surface area (Å²) in [4.78, 5) is 11.0. The van der Waals surface area contributed by atoms with Crippen LogP contribution < -0.4 is 11.1 Å². The molecule has 1 aliphatic heterocycles. The van der Waals surface area contributed by atoms with Crippen molar-refractivity contribution in [3.05, 3.63) is 11.8 Å². The lowest BCUT2D eigenvalue weighted by atomic mass is 9.96. The van der Waals surface area contributed by atoms with Gasteiger partial charge >= 0.3 is 0 Å². The van der Waals surface area contributed by atoms with E-state index in [2.05, 4.69) is 20.2 Å². The van der Waals surface area contributed by atoms with E-state index in [9.17, 15) is 0 Å². The van der Waals surface area contributed by atoms with E-state index in [-0.39, 0.29) is 5.82 Å². The van der Waals surface area contributed by atoms with Crippen molar-refractivity contribution in [1.82, 2.24) is 14.9 Å². The molecule has 2 fully saturated rings. The predicted octanol–water partition coefficient (Wildman–Crippen LogP) is 2.53. The number of nitrogens with zero attached hydrogens (tertiary/aromatic N) is 4. The lowest BCUT2D eigenvalue weighted by Crippen LogP contribution is -2.45.